The highest BCUT2D eigenvalue weighted by atomic mass is 79.9. The Morgan fingerprint density at radius 1 is 1.26 bits per heavy atom. The minimum atomic E-state index is -0.688. The number of primary amides is 1. The van der Waals surface area contributed by atoms with E-state index in [2.05, 4.69) is 31.3 Å². The van der Waals surface area contributed by atoms with E-state index in [1.807, 2.05) is 0 Å². The van der Waals surface area contributed by atoms with Crippen LogP contribution in [0, 0.1) is 0 Å². The summed E-state index contributed by atoms with van der Waals surface area (Å²) in [5.74, 6) is 0.214. The molecule has 27 heavy (non-hydrogen) atoms. The Hall–Kier alpha value is -2.29. The number of halogens is 3. The SMILES string of the molecule is COc1cc(-c2n[nH]nc2C(N)=O)cc(Br)c1OCc1ccc(Cl)cc1Cl. The zero-order valence-corrected chi connectivity index (χ0v) is 17.0. The number of methoxy groups -OCH3 is 1. The zero-order valence-electron chi connectivity index (χ0n) is 13.9. The van der Waals surface area contributed by atoms with Gasteiger partial charge in [-0.05, 0) is 40.2 Å². The molecule has 0 bridgehead atoms. The van der Waals surface area contributed by atoms with Crippen LogP contribution in [0.15, 0.2) is 34.8 Å². The van der Waals surface area contributed by atoms with Gasteiger partial charge in [-0.2, -0.15) is 15.4 Å². The number of nitrogens with zero attached hydrogens (tertiary/aromatic N) is 2. The summed E-state index contributed by atoms with van der Waals surface area (Å²) in [5.41, 5.74) is 7.02. The fourth-order valence-electron chi connectivity index (χ4n) is 2.39. The normalized spacial score (nSPS) is 10.7. The molecule has 0 aliphatic carbocycles. The van der Waals surface area contributed by atoms with Crippen LogP contribution in [-0.4, -0.2) is 28.4 Å². The van der Waals surface area contributed by atoms with E-state index in [1.165, 1.54) is 7.11 Å². The van der Waals surface area contributed by atoms with E-state index in [4.69, 9.17) is 38.4 Å². The largest absolute Gasteiger partial charge is 0.493 e. The van der Waals surface area contributed by atoms with E-state index in [0.717, 1.165) is 5.56 Å². The van der Waals surface area contributed by atoms with Crippen LogP contribution in [0.5, 0.6) is 11.5 Å². The van der Waals surface area contributed by atoms with Gasteiger partial charge in [-0.3, -0.25) is 4.79 Å². The lowest BCUT2D eigenvalue weighted by molar-refractivity contribution is 0.0996. The fraction of sp³-hybridized carbons (Fsp3) is 0.118. The Balaban J connectivity index is 1.92. The van der Waals surface area contributed by atoms with E-state index in [1.54, 1.807) is 30.3 Å². The second kappa shape index (κ2) is 8.16. The predicted molar refractivity (Wildman–Crippen MR) is 105 cm³/mol. The molecule has 3 rings (SSSR count). The standard InChI is InChI=1S/C17H13BrCl2N4O3/c1-26-13-5-9(14-15(17(21)25)23-24-22-14)4-11(18)16(13)27-7-8-2-3-10(19)6-12(8)20/h2-6H,7H2,1H3,(H2,21,25)(H,22,23,24). The number of carbonyl (C=O) groups excluding carboxylic acids is 1. The van der Waals surface area contributed by atoms with Crippen LogP contribution in [0.2, 0.25) is 10.0 Å². The molecule has 0 aliphatic heterocycles. The maximum atomic E-state index is 11.5. The van der Waals surface area contributed by atoms with Gasteiger partial charge in [0, 0.05) is 21.2 Å². The van der Waals surface area contributed by atoms with Crippen LogP contribution < -0.4 is 15.2 Å². The zero-order chi connectivity index (χ0) is 19.6. The summed E-state index contributed by atoms with van der Waals surface area (Å²) in [6.07, 6.45) is 0. The quantitative estimate of drug-likeness (QED) is 0.559. The monoisotopic (exact) mass is 470 g/mol. The predicted octanol–water partition coefficient (Wildman–Crippen LogP) is 4.23. The number of hydrogen-bond donors (Lipinski definition) is 2. The lowest BCUT2D eigenvalue weighted by atomic mass is 10.1. The van der Waals surface area contributed by atoms with E-state index in [-0.39, 0.29) is 12.3 Å². The van der Waals surface area contributed by atoms with Crippen molar-refractivity contribution in [1.82, 2.24) is 15.4 Å². The van der Waals surface area contributed by atoms with Gasteiger partial charge in [0.15, 0.2) is 17.2 Å². The summed E-state index contributed by atoms with van der Waals surface area (Å²) in [5, 5.41) is 11.2. The summed E-state index contributed by atoms with van der Waals surface area (Å²) >= 11 is 15.5. The van der Waals surface area contributed by atoms with Crippen molar-refractivity contribution in [2.24, 2.45) is 5.73 Å². The Labute approximate surface area is 172 Å². The second-order valence-corrected chi connectivity index (χ2v) is 7.10. The van der Waals surface area contributed by atoms with Crippen molar-refractivity contribution in [2.75, 3.05) is 7.11 Å². The third-order valence-corrected chi connectivity index (χ3v) is 4.85. The smallest absolute Gasteiger partial charge is 0.271 e. The minimum Gasteiger partial charge on any atom is -0.493 e. The number of rotatable bonds is 6. The molecule has 2 aromatic carbocycles. The Kier molecular flexibility index (Phi) is 5.88. The average molecular weight is 472 g/mol. The molecule has 0 fully saturated rings. The summed E-state index contributed by atoms with van der Waals surface area (Å²) in [7, 11) is 1.51. The molecule has 3 aromatic rings. The molecular weight excluding hydrogens is 459 g/mol. The van der Waals surface area contributed by atoms with Gasteiger partial charge in [-0.15, -0.1) is 0 Å². The van der Waals surface area contributed by atoms with E-state index in [9.17, 15) is 4.79 Å². The first kappa shape index (κ1) is 19.5. The summed E-state index contributed by atoms with van der Waals surface area (Å²) in [6.45, 7) is 0.209. The van der Waals surface area contributed by atoms with Crippen LogP contribution >= 0.6 is 39.1 Å². The molecule has 0 saturated carbocycles. The number of aromatic nitrogens is 3. The van der Waals surface area contributed by atoms with Gasteiger partial charge in [0.25, 0.3) is 5.91 Å². The highest BCUT2D eigenvalue weighted by Crippen LogP contribution is 2.40. The lowest BCUT2D eigenvalue weighted by Gasteiger charge is -2.15. The van der Waals surface area contributed by atoms with E-state index in [0.29, 0.717) is 37.3 Å². The summed E-state index contributed by atoms with van der Waals surface area (Å²) in [6, 6.07) is 8.57. The maximum absolute atomic E-state index is 11.5. The number of benzene rings is 2. The van der Waals surface area contributed by atoms with E-state index < -0.39 is 5.91 Å². The first-order chi connectivity index (χ1) is 12.9. The fourth-order valence-corrected chi connectivity index (χ4v) is 3.41. The Morgan fingerprint density at radius 3 is 2.70 bits per heavy atom. The molecule has 0 unspecified atom stereocenters. The maximum Gasteiger partial charge on any atom is 0.271 e. The first-order valence-electron chi connectivity index (χ1n) is 7.56. The van der Waals surface area contributed by atoms with Crippen LogP contribution in [0.25, 0.3) is 11.3 Å². The number of hydrogen-bond acceptors (Lipinski definition) is 5. The van der Waals surface area contributed by atoms with Gasteiger partial charge in [-0.25, -0.2) is 0 Å². The van der Waals surface area contributed by atoms with Crippen LogP contribution in [0.4, 0.5) is 0 Å². The molecule has 140 valence electrons. The Morgan fingerprint density at radius 2 is 2.04 bits per heavy atom. The highest BCUT2D eigenvalue weighted by Gasteiger charge is 2.19. The van der Waals surface area contributed by atoms with Crippen molar-refractivity contribution >= 4 is 45.0 Å². The summed E-state index contributed by atoms with van der Waals surface area (Å²) < 4.78 is 11.9. The molecular formula is C17H13BrCl2N4O3. The van der Waals surface area contributed by atoms with Gasteiger partial charge < -0.3 is 15.2 Å². The van der Waals surface area contributed by atoms with Crippen LogP contribution in [0.1, 0.15) is 16.1 Å². The number of H-pyrrole nitrogens is 1. The van der Waals surface area contributed by atoms with Crippen LogP contribution in [-0.2, 0) is 6.61 Å². The van der Waals surface area contributed by atoms with Crippen LogP contribution in [0.3, 0.4) is 0 Å². The molecule has 7 nitrogen and oxygen atoms in total. The Bertz CT molecular complexity index is 1010. The molecule has 0 radical (unpaired) electrons. The molecule has 1 aromatic heterocycles. The van der Waals surface area contributed by atoms with Gasteiger partial charge in [0.05, 0.1) is 11.6 Å². The highest BCUT2D eigenvalue weighted by molar-refractivity contribution is 9.10. The van der Waals surface area contributed by atoms with Gasteiger partial charge >= 0.3 is 0 Å². The van der Waals surface area contributed by atoms with Crippen molar-refractivity contribution in [2.45, 2.75) is 6.61 Å². The van der Waals surface area contributed by atoms with Crippen molar-refractivity contribution < 1.29 is 14.3 Å². The van der Waals surface area contributed by atoms with Crippen molar-refractivity contribution in [3.05, 3.63) is 56.1 Å². The third-order valence-electron chi connectivity index (χ3n) is 3.67. The average Bonchev–Trinajstić information content (AvgIpc) is 3.11. The number of amides is 1. The molecule has 1 amide bonds. The number of aromatic amines is 1. The molecule has 10 heteroatoms. The minimum absolute atomic E-state index is 0.0329. The second-order valence-electron chi connectivity index (χ2n) is 5.40. The molecule has 0 aliphatic rings. The number of nitrogens with two attached hydrogens (primary N) is 1. The van der Waals surface area contributed by atoms with Crippen molar-refractivity contribution in [3.8, 4) is 22.8 Å². The topological polar surface area (TPSA) is 103 Å². The van der Waals surface area contributed by atoms with E-state index >= 15 is 0 Å². The summed E-state index contributed by atoms with van der Waals surface area (Å²) in [4.78, 5) is 11.5. The molecule has 0 saturated heterocycles. The van der Waals surface area contributed by atoms with Crippen molar-refractivity contribution in [3.63, 3.8) is 0 Å². The lowest BCUT2D eigenvalue weighted by Crippen LogP contribution is -2.12. The molecule has 0 spiro atoms. The first-order valence-corrected chi connectivity index (χ1v) is 9.10. The van der Waals surface area contributed by atoms with Gasteiger partial charge in [0.2, 0.25) is 0 Å². The van der Waals surface area contributed by atoms with Gasteiger partial charge in [0.1, 0.15) is 12.3 Å². The third kappa shape index (κ3) is 4.18. The van der Waals surface area contributed by atoms with Crippen molar-refractivity contribution in [1.29, 1.82) is 0 Å². The molecule has 3 N–H and O–H groups in total. The number of carbonyl (C=O) groups is 1. The number of nitrogens with one attached hydrogen (secondary N) is 1. The number of ether oxygens (including phenoxy) is 2. The molecule has 0 atom stereocenters. The molecule has 1 heterocycles. The van der Waals surface area contributed by atoms with Gasteiger partial charge in [-0.1, -0.05) is 29.3 Å².